The van der Waals surface area contributed by atoms with Crippen LogP contribution in [0.1, 0.15) is 22.5 Å². The summed E-state index contributed by atoms with van der Waals surface area (Å²) in [7, 11) is 0. The van der Waals surface area contributed by atoms with Crippen molar-refractivity contribution in [1.29, 1.82) is 5.26 Å². The van der Waals surface area contributed by atoms with Crippen LogP contribution < -0.4 is 0 Å². The van der Waals surface area contributed by atoms with Gasteiger partial charge in [-0.15, -0.1) is 0 Å². The van der Waals surface area contributed by atoms with E-state index in [0.29, 0.717) is 6.07 Å². The number of nitrogens with zero attached hydrogens (tertiary/aromatic N) is 3. The molecular formula is C14H8ClF6N3S. The molecule has 0 unspecified atom stereocenters. The van der Waals surface area contributed by atoms with E-state index < -0.39 is 39.6 Å². The van der Waals surface area contributed by atoms with Gasteiger partial charge in [-0.25, -0.2) is 4.68 Å². The first-order valence-electron chi connectivity index (χ1n) is 6.48. The van der Waals surface area contributed by atoms with Gasteiger partial charge in [-0.1, -0.05) is 11.6 Å². The van der Waals surface area contributed by atoms with E-state index in [1.54, 1.807) is 6.07 Å². The Labute approximate surface area is 147 Å². The number of hydrogen-bond acceptors (Lipinski definition) is 3. The van der Waals surface area contributed by atoms with Crippen molar-refractivity contribution in [2.75, 3.05) is 0 Å². The Morgan fingerprint density at radius 2 is 1.76 bits per heavy atom. The van der Waals surface area contributed by atoms with Crippen LogP contribution in [0.15, 0.2) is 17.0 Å². The zero-order valence-electron chi connectivity index (χ0n) is 12.6. The third kappa shape index (κ3) is 4.04. The lowest BCUT2D eigenvalue weighted by molar-refractivity contribution is -0.137. The fraction of sp³-hybridized carbons (Fsp3) is 0.286. The summed E-state index contributed by atoms with van der Waals surface area (Å²) in [5.41, 5.74) is -6.15. The number of halogens is 7. The molecule has 1 aromatic heterocycles. The summed E-state index contributed by atoms with van der Waals surface area (Å²) in [6, 6.07) is 3.02. The second kappa shape index (κ2) is 6.46. The minimum atomic E-state index is -4.65. The number of nitriles is 1. The predicted octanol–water partition coefficient (Wildman–Crippen LogP) is 5.64. The highest BCUT2D eigenvalue weighted by Crippen LogP contribution is 2.42. The third-order valence-electron chi connectivity index (χ3n) is 3.18. The van der Waals surface area contributed by atoms with Crippen LogP contribution in [0.3, 0.4) is 0 Å². The van der Waals surface area contributed by atoms with Crippen LogP contribution in [0.2, 0.25) is 5.02 Å². The molecule has 0 spiro atoms. The molecule has 11 heteroatoms. The van der Waals surface area contributed by atoms with Crippen LogP contribution in [0, 0.1) is 25.2 Å². The lowest BCUT2D eigenvalue weighted by Gasteiger charge is -2.14. The van der Waals surface area contributed by atoms with Crippen LogP contribution in [-0.4, -0.2) is 15.3 Å². The van der Waals surface area contributed by atoms with Gasteiger partial charge in [0.25, 0.3) is 0 Å². The summed E-state index contributed by atoms with van der Waals surface area (Å²) in [6.07, 6.45) is -4.62. The summed E-state index contributed by atoms with van der Waals surface area (Å²) < 4.78 is 77.4. The van der Waals surface area contributed by atoms with Crippen LogP contribution in [0.4, 0.5) is 26.3 Å². The van der Waals surface area contributed by atoms with Crippen LogP contribution >= 0.6 is 23.4 Å². The molecule has 1 heterocycles. The quantitative estimate of drug-likeness (QED) is 0.484. The number of aryl methyl sites for hydroxylation is 1. The zero-order valence-corrected chi connectivity index (χ0v) is 14.1. The SMILES string of the molecule is Cc1cc(C(F)(F)F)cc(Cl)c1-n1nc(C#N)c(SC(F)(F)F)c1C. The smallest absolute Gasteiger partial charge is 0.234 e. The standard InChI is InChI=1S/C14H8ClF6N3S/c1-6-3-8(13(16,17)18)4-9(15)11(6)24-7(2)12(10(5-22)23-24)25-14(19,20)21/h3-4H,1-2H3. The molecule has 0 saturated heterocycles. The first-order chi connectivity index (χ1) is 11.3. The molecule has 0 aliphatic carbocycles. The third-order valence-corrected chi connectivity index (χ3v) is 4.39. The molecule has 0 radical (unpaired) electrons. The summed E-state index contributed by atoms with van der Waals surface area (Å²) >= 11 is 5.40. The first-order valence-corrected chi connectivity index (χ1v) is 7.67. The fourth-order valence-corrected chi connectivity index (χ4v) is 3.18. The number of benzene rings is 1. The van der Waals surface area contributed by atoms with Crippen LogP contribution in [-0.2, 0) is 6.18 Å². The van der Waals surface area contributed by atoms with Crippen molar-refractivity contribution < 1.29 is 26.3 Å². The van der Waals surface area contributed by atoms with Gasteiger partial charge in [0.2, 0.25) is 0 Å². The van der Waals surface area contributed by atoms with Gasteiger partial charge in [-0.2, -0.15) is 36.7 Å². The number of alkyl halides is 6. The Morgan fingerprint density at radius 3 is 2.20 bits per heavy atom. The van der Waals surface area contributed by atoms with Crippen molar-refractivity contribution in [1.82, 2.24) is 9.78 Å². The second-order valence-electron chi connectivity index (χ2n) is 4.96. The average Bonchev–Trinajstić information content (AvgIpc) is 2.73. The van der Waals surface area contributed by atoms with Crippen LogP contribution in [0.5, 0.6) is 0 Å². The first kappa shape index (κ1) is 19.5. The van der Waals surface area contributed by atoms with Gasteiger partial charge in [0.05, 0.1) is 26.9 Å². The predicted molar refractivity (Wildman–Crippen MR) is 79.7 cm³/mol. The van der Waals surface area contributed by atoms with E-state index in [1.165, 1.54) is 13.8 Å². The lowest BCUT2D eigenvalue weighted by Crippen LogP contribution is -2.09. The van der Waals surface area contributed by atoms with Gasteiger partial charge in [-0.3, -0.25) is 0 Å². The molecule has 0 atom stereocenters. The molecule has 25 heavy (non-hydrogen) atoms. The summed E-state index contributed by atoms with van der Waals surface area (Å²) in [4.78, 5) is -0.426. The molecule has 0 bridgehead atoms. The zero-order chi connectivity index (χ0) is 19.2. The normalized spacial score (nSPS) is 12.3. The minimum Gasteiger partial charge on any atom is -0.234 e. The van der Waals surface area contributed by atoms with E-state index in [-0.39, 0.29) is 22.0 Å². The van der Waals surface area contributed by atoms with E-state index in [4.69, 9.17) is 16.9 Å². The lowest BCUT2D eigenvalue weighted by atomic mass is 10.1. The molecule has 0 saturated carbocycles. The highest BCUT2D eigenvalue weighted by Gasteiger charge is 2.35. The van der Waals surface area contributed by atoms with Gasteiger partial charge in [0.15, 0.2) is 5.69 Å². The largest absolute Gasteiger partial charge is 0.446 e. The van der Waals surface area contributed by atoms with Gasteiger partial charge in [0.1, 0.15) is 6.07 Å². The molecule has 1 aromatic carbocycles. The molecule has 0 aliphatic heterocycles. The average molecular weight is 400 g/mol. The van der Waals surface area contributed by atoms with Crippen molar-refractivity contribution in [2.24, 2.45) is 0 Å². The van der Waals surface area contributed by atoms with Gasteiger partial charge in [0, 0.05) is 0 Å². The summed E-state index contributed by atoms with van der Waals surface area (Å²) in [6.45, 7) is 2.59. The molecule has 3 nitrogen and oxygen atoms in total. The fourth-order valence-electron chi connectivity index (χ4n) is 2.19. The molecule has 2 aromatic rings. The van der Waals surface area contributed by atoms with Crippen molar-refractivity contribution >= 4 is 23.4 Å². The van der Waals surface area contributed by atoms with E-state index >= 15 is 0 Å². The Kier molecular flexibility index (Phi) is 5.03. The molecule has 134 valence electrons. The van der Waals surface area contributed by atoms with Crippen molar-refractivity contribution in [3.8, 4) is 11.8 Å². The molecule has 0 amide bonds. The minimum absolute atomic E-state index is 0.0160. The number of hydrogen-bond donors (Lipinski definition) is 0. The molecule has 0 fully saturated rings. The van der Waals surface area contributed by atoms with Gasteiger partial charge >= 0.3 is 11.7 Å². The molecule has 0 N–H and O–H groups in total. The maximum Gasteiger partial charge on any atom is 0.446 e. The van der Waals surface area contributed by atoms with Gasteiger partial charge < -0.3 is 0 Å². The number of thioether (sulfide) groups is 1. The summed E-state index contributed by atoms with van der Waals surface area (Å²) in [5, 5.41) is 12.4. The van der Waals surface area contributed by atoms with Crippen molar-refractivity contribution in [2.45, 2.75) is 30.4 Å². The van der Waals surface area contributed by atoms with Gasteiger partial charge in [-0.05, 0) is 43.3 Å². The topological polar surface area (TPSA) is 41.6 Å². The Hall–Kier alpha value is -1.86. The Balaban J connectivity index is 2.66. The van der Waals surface area contributed by atoms with Crippen LogP contribution in [0.25, 0.3) is 5.69 Å². The van der Waals surface area contributed by atoms with E-state index in [1.807, 2.05) is 0 Å². The van der Waals surface area contributed by atoms with Crippen molar-refractivity contribution in [3.63, 3.8) is 0 Å². The highest BCUT2D eigenvalue weighted by atomic mass is 35.5. The number of rotatable bonds is 2. The van der Waals surface area contributed by atoms with E-state index in [2.05, 4.69) is 5.10 Å². The Morgan fingerprint density at radius 1 is 1.16 bits per heavy atom. The molecule has 0 aliphatic rings. The van der Waals surface area contributed by atoms with E-state index in [9.17, 15) is 26.3 Å². The Bertz CT molecular complexity index is 840. The summed E-state index contributed by atoms with van der Waals surface area (Å²) in [5.74, 6) is 0. The maximum absolute atomic E-state index is 12.8. The molecule has 2 rings (SSSR count). The molecular weight excluding hydrogens is 392 g/mol. The maximum atomic E-state index is 12.8. The highest BCUT2D eigenvalue weighted by molar-refractivity contribution is 8.00. The van der Waals surface area contributed by atoms with E-state index in [0.717, 1.165) is 10.7 Å². The number of aromatic nitrogens is 2. The second-order valence-corrected chi connectivity index (χ2v) is 6.44. The monoisotopic (exact) mass is 399 g/mol. The van der Waals surface area contributed by atoms with Crippen molar-refractivity contribution in [3.05, 3.63) is 39.7 Å².